The van der Waals surface area contributed by atoms with Crippen molar-refractivity contribution in [1.82, 2.24) is 4.98 Å². The summed E-state index contributed by atoms with van der Waals surface area (Å²) in [6, 6.07) is 22.6. The van der Waals surface area contributed by atoms with E-state index in [1.807, 2.05) is 60.7 Å². The topological polar surface area (TPSA) is 30.0 Å². The highest BCUT2D eigenvalue weighted by Crippen LogP contribution is 2.34. The maximum Gasteiger partial charge on any atom is 0.193 e. The molecule has 4 aromatic rings. The highest BCUT2D eigenvalue weighted by molar-refractivity contribution is 7.21. The summed E-state index contributed by atoms with van der Waals surface area (Å²) in [5.41, 5.74) is 2.97. The zero-order valence-corrected chi connectivity index (χ0v) is 14.1. The molecule has 0 spiro atoms. The van der Waals surface area contributed by atoms with Crippen LogP contribution in [0.15, 0.2) is 72.8 Å². The van der Waals surface area contributed by atoms with E-state index in [0.29, 0.717) is 16.1 Å². The summed E-state index contributed by atoms with van der Waals surface area (Å²) in [6.07, 6.45) is 0. The molecule has 0 aliphatic heterocycles. The molecule has 0 unspecified atom stereocenters. The third-order valence-electron chi connectivity index (χ3n) is 3.79. The standard InChI is InChI=1S/C20H12ClNOS/c21-14-10-11-15(20-22-17-8-4-5-9-18(17)24-20)16(12-14)19(23)13-6-2-1-3-7-13/h1-12H. The lowest BCUT2D eigenvalue weighted by atomic mass is 9.98. The molecule has 1 aromatic heterocycles. The summed E-state index contributed by atoms with van der Waals surface area (Å²) in [7, 11) is 0. The van der Waals surface area contributed by atoms with Crippen LogP contribution in [-0.4, -0.2) is 10.8 Å². The van der Waals surface area contributed by atoms with E-state index in [0.717, 1.165) is 20.8 Å². The Balaban J connectivity index is 1.88. The molecule has 3 aromatic carbocycles. The van der Waals surface area contributed by atoms with Crippen LogP contribution in [0.2, 0.25) is 5.02 Å². The van der Waals surface area contributed by atoms with Gasteiger partial charge in [0.2, 0.25) is 0 Å². The van der Waals surface area contributed by atoms with Crippen molar-refractivity contribution in [3.63, 3.8) is 0 Å². The van der Waals surface area contributed by atoms with Gasteiger partial charge in [0.05, 0.1) is 10.2 Å². The third kappa shape index (κ3) is 2.73. The summed E-state index contributed by atoms with van der Waals surface area (Å²) >= 11 is 7.72. The van der Waals surface area contributed by atoms with Crippen LogP contribution < -0.4 is 0 Å². The van der Waals surface area contributed by atoms with Gasteiger partial charge in [0.15, 0.2) is 5.78 Å². The van der Waals surface area contributed by atoms with E-state index in [9.17, 15) is 4.79 Å². The Morgan fingerprint density at radius 1 is 0.917 bits per heavy atom. The Hall–Kier alpha value is -2.49. The molecule has 4 heteroatoms. The van der Waals surface area contributed by atoms with Crippen molar-refractivity contribution in [2.24, 2.45) is 0 Å². The lowest BCUT2D eigenvalue weighted by Crippen LogP contribution is -2.03. The molecule has 0 aliphatic carbocycles. The van der Waals surface area contributed by atoms with Gasteiger partial charge in [0, 0.05) is 21.7 Å². The Bertz CT molecular complexity index is 1010. The second-order valence-corrected chi connectivity index (χ2v) is 6.84. The van der Waals surface area contributed by atoms with Crippen LogP contribution in [0, 0.1) is 0 Å². The zero-order valence-electron chi connectivity index (χ0n) is 12.6. The Morgan fingerprint density at radius 2 is 1.67 bits per heavy atom. The number of halogens is 1. The van der Waals surface area contributed by atoms with E-state index in [4.69, 9.17) is 11.6 Å². The van der Waals surface area contributed by atoms with Crippen molar-refractivity contribution in [1.29, 1.82) is 0 Å². The van der Waals surface area contributed by atoms with Crippen LogP contribution in [-0.2, 0) is 0 Å². The van der Waals surface area contributed by atoms with Crippen molar-refractivity contribution in [3.8, 4) is 10.6 Å². The summed E-state index contributed by atoms with van der Waals surface area (Å²) in [4.78, 5) is 17.6. The zero-order chi connectivity index (χ0) is 16.5. The molecule has 0 amide bonds. The summed E-state index contributed by atoms with van der Waals surface area (Å²) in [6.45, 7) is 0. The van der Waals surface area contributed by atoms with Gasteiger partial charge in [-0.1, -0.05) is 54.1 Å². The summed E-state index contributed by atoms with van der Waals surface area (Å²) < 4.78 is 1.10. The molecule has 0 radical (unpaired) electrons. The molecule has 0 N–H and O–H groups in total. The van der Waals surface area contributed by atoms with Crippen molar-refractivity contribution in [2.45, 2.75) is 0 Å². The van der Waals surface area contributed by atoms with E-state index in [1.165, 1.54) is 0 Å². The number of aromatic nitrogens is 1. The van der Waals surface area contributed by atoms with E-state index in [1.54, 1.807) is 23.5 Å². The number of nitrogens with zero attached hydrogens (tertiary/aromatic N) is 1. The van der Waals surface area contributed by atoms with Gasteiger partial charge in [-0.15, -0.1) is 11.3 Å². The molecule has 24 heavy (non-hydrogen) atoms. The largest absolute Gasteiger partial charge is 0.289 e. The number of hydrogen-bond donors (Lipinski definition) is 0. The second kappa shape index (κ2) is 6.19. The van der Waals surface area contributed by atoms with Crippen molar-refractivity contribution < 1.29 is 4.79 Å². The van der Waals surface area contributed by atoms with Gasteiger partial charge in [0.25, 0.3) is 0 Å². The minimum atomic E-state index is -0.0487. The minimum absolute atomic E-state index is 0.0487. The first kappa shape index (κ1) is 15.1. The minimum Gasteiger partial charge on any atom is -0.289 e. The van der Waals surface area contributed by atoms with Crippen LogP contribution in [0.4, 0.5) is 0 Å². The molecular formula is C20H12ClNOS. The van der Waals surface area contributed by atoms with Gasteiger partial charge in [-0.05, 0) is 30.3 Å². The van der Waals surface area contributed by atoms with Gasteiger partial charge in [0.1, 0.15) is 5.01 Å². The first-order valence-electron chi connectivity index (χ1n) is 7.47. The SMILES string of the molecule is O=C(c1ccccc1)c1cc(Cl)ccc1-c1nc2ccccc2s1. The Morgan fingerprint density at radius 3 is 2.46 bits per heavy atom. The fourth-order valence-electron chi connectivity index (χ4n) is 2.62. The van der Waals surface area contributed by atoms with Crippen molar-refractivity contribution in [3.05, 3.63) is 88.9 Å². The van der Waals surface area contributed by atoms with E-state index in [2.05, 4.69) is 4.98 Å². The summed E-state index contributed by atoms with van der Waals surface area (Å²) in [5, 5.41) is 1.37. The quantitative estimate of drug-likeness (QED) is 0.434. The van der Waals surface area contributed by atoms with Crippen LogP contribution in [0.25, 0.3) is 20.8 Å². The van der Waals surface area contributed by atoms with Crippen LogP contribution in [0.3, 0.4) is 0 Å². The molecule has 0 bridgehead atoms. The molecule has 4 rings (SSSR count). The van der Waals surface area contributed by atoms with E-state index in [-0.39, 0.29) is 5.78 Å². The molecule has 116 valence electrons. The number of benzene rings is 3. The maximum absolute atomic E-state index is 12.9. The van der Waals surface area contributed by atoms with Gasteiger partial charge in [-0.2, -0.15) is 0 Å². The molecule has 0 saturated heterocycles. The highest BCUT2D eigenvalue weighted by atomic mass is 35.5. The third-order valence-corrected chi connectivity index (χ3v) is 5.09. The molecule has 0 aliphatic rings. The van der Waals surface area contributed by atoms with E-state index < -0.39 is 0 Å². The molecule has 0 atom stereocenters. The molecular weight excluding hydrogens is 338 g/mol. The average molecular weight is 350 g/mol. The number of thiazole rings is 1. The Labute approximate surface area is 148 Å². The number of fused-ring (bicyclic) bond motifs is 1. The van der Waals surface area contributed by atoms with Gasteiger partial charge >= 0.3 is 0 Å². The number of hydrogen-bond acceptors (Lipinski definition) is 3. The smallest absolute Gasteiger partial charge is 0.193 e. The number of carbonyl (C=O) groups is 1. The number of rotatable bonds is 3. The molecule has 0 fully saturated rings. The molecule has 1 heterocycles. The number of carbonyl (C=O) groups excluding carboxylic acids is 1. The van der Waals surface area contributed by atoms with Crippen LogP contribution in [0.5, 0.6) is 0 Å². The maximum atomic E-state index is 12.9. The average Bonchev–Trinajstić information content (AvgIpc) is 3.05. The lowest BCUT2D eigenvalue weighted by molar-refractivity contribution is 0.103. The first-order valence-corrected chi connectivity index (χ1v) is 8.67. The van der Waals surface area contributed by atoms with Gasteiger partial charge in [-0.3, -0.25) is 4.79 Å². The normalized spacial score (nSPS) is 10.9. The fraction of sp³-hybridized carbons (Fsp3) is 0. The lowest BCUT2D eigenvalue weighted by Gasteiger charge is -2.07. The Kier molecular flexibility index (Phi) is 3.89. The predicted octanol–water partition coefficient (Wildman–Crippen LogP) is 5.85. The monoisotopic (exact) mass is 349 g/mol. The van der Waals surface area contributed by atoms with Crippen molar-refractivity contribution >= 4 is 38.9 Å². The van der Waals surface area contributed by atoms with Gasteiger partial charge in [-0.25, -0.2) is 4.98 Å². The first-order chi connectivity index (χ1) is 11.7. The van der Waals surface area contributed by atoms with Gasteiger partial charge < -0.3 is 0 Å². The van der Waals surface area contributed by atoms with Crippen LogP contribution >= 0.6 is 22.9 Å². The highest BCUT2D eigenvalue weighted by Gasteiger charge is 2.17. The number of para-hydroxylation sites is 1. The number of ketones is 1. The molecule has 0 saturated carbocycles. The second-order valence-electron chi connectivity index (χ2n) is 5.37. The van der Waals surface area contributed by atoms with Crippen LogP contribution in [0.1, 0.15) is 15.9 Å². The summed E-state index contributed by atoms with van der Waals surface area (Å²) in [5.74, 6) is -0.0487. The molecule has 2 nitrogen and oxygen atoms in total. The van der Waals surface area contributed by atoms with E-state index >= 15 is 0 Å². The fourth-order valence-corrected chi connectivity index (χ4v) is 3.80. The van der Waals surface area contributed by atoms with Crippen molar-refractivity contribution in [2.75, 3.05) is 0 Å². The predicted molar refractivity (Wildman–Crippen MR) is 99.9 cm³/mol.